The van der Waals surface area contributed by atoms with Gasteiger partial charge in [-0.15, -0.1) is 0 Å². The lowest BCUT2D eigenvalue weighted by Crippen LogP contribution is -2.10. The molecule has 0 N–H and O–H groups in total. The van der Waals surface area contributed by atoms with Crippen LogP contribution in [0.4, 0.5) is 0 Å². The first-order valence-corrected chi connectivity index (χ1v) is 8.50. The third kappa shape index (κ3) is 3.17. The van der Waals surface area contributed by atoms with Gasteiger partial charge in [-0.25, -0.2) is 0 Å². The van der Waals surface area contributed by atoms with Crippen LogP contribution < -0.4 is 0 Å². The first kappa shape index (κ1) is 15.8. The van der Waals surface area contributed by atoms with E-state index in [0.29, 0.717) is 5.92 Å². The Morgan fingerprint density at radius 3 is 1.91 bits per heavy atom. The highest BCUT2D eigenvalue weighted by molar-refractivity contribution is 5.86. The molecule has 0 heterocycles. The number of hydrogen-bond donors (Lipinski definition) is 0. The molecule has 1 aromatic rings. The van der Waals surface area contributed by atoms with E-state index in [0.717, 1.165) is 0 Å². The maximum atomic E-state index is 2.33. The van der Waals surface area contributed by atoms with Crippen LogP contribution in [0.3, 0.4) is 0 Å². The van der Waals surface area contributed by atoms with E-state index in [2.05, 4.69) is 95.3 Å². The van der Waals surface area contributed by atoms with Crippen LogP contribution in [0.5, 0.6) is 0 Å². The molecule has 118 valence electrons. The maximum absolute atomic E-state index is 2.33. The number of benzene rings is 1. The monoisotopic (exact) mass is 302 g/mol. The molecule has 23 heavy (non-hydrogen) atoms. The fraction of sp³-hybridized carbons (Fsp3) is 0.304. The second-order valence-electron chi connectivity index (χ2n) is 7.77. The fourth-order valence-corrected chi connectivity index (χ4v) is 3.06. The molecule has 0 radical (unpaired) electrons. The molecule has 0 heteroatoms. The van der Waals surface area contributed by atoms with E-state index in [1.165, 1.54) is 33.4 Å². The summed E-state index contributed by atoms with van der Waals surface area (Å²) in [5, 5.41) is 0. The average molecular weight is 302 g/mol. The van der Waals surface area contributed by atoms with Crippen molar-refractivity contribution in [3.8, 4) is 22.3 Å². The van der Waals surface area contributed by atoms with Gasteiger partial charge >= 0.3 is 0 Å². The summed E-state index contributed by atoms with van der Waals surface area (Å²) in [6.45, 7) is 11.3. The number of hydrogen-bond acceptors (Lipinski definition) is 0. The molecular formula is C23H26. The molecule has 0 spiro atoms. The molecule has 0 saturated carbocycles. The highest BCUT2D eigenvalue weighted by Gasteiger charge is 2.15. The fourth-order valence-electron chi connectivity index (χ4n) is 3.06. The summed E-state index contributed by atoms with van der Waals surface area (Å²) in [6, 6.07) is 22.5. The first-order valence-electron chi connectivity index (χ1n) is 8.50. The molecule has 1 aromatic carbocycles. The lowest BCUT2D eigenvalue weighted by molar-refractivity contribution is 0.590. The minimum atomic E-state index is 0.200. The molecular weight excluding hydrogens is 276 g/mol. The van der Waals surface area contributed by atoms with E-state index in [-0.39, 0.29) is 5.41 Å². The second-order valence-corrected chi connectivity index (χ2v) is 7.77. The van der Waals surface area contributed by atoms with E-state index >= 15 is 0 Å². The first-order chi connectivity index (χ1) is 10.9. The Balaban J connectivity index is 2.03. The smallest absolute Gasteiger partial charge is 0.0105 e. The van der Waals surface area contributed by atoms with Gasteiger partial charge in [0.25, 0.3) is 0 Å². The molecule has 0 aromatic heterocycles. The van der Waals surface area contributed by atoms with Gasteiger partial charge in [-0.2, -0.15) is 0 Å². The summed E-state index contributed by atoms with van der Waals surface area (Å²) < 4.78 is 0. The summed E-state index contributed by atoms with van der Waals surface area (Å²) in [5.74, 6) is 0.551. The van der Waals surface area contributed by atoms with Crippen molar-refractivity contribution in [1.29, 1.82) is 0 Å². The quantitative estimate of drug-likeness (QED) is 0.484. The third-order valence-corrected chi connectivity index (χ3v) is 4.63. The Hall–Kier alpha value is -2.08. The molecule has 0 nitrogen and oxygen atoms in total. The number of fused-ring (bicyclic) bond motifs is 1. The highest BCUT2D eigenvalue weighted by atomic mass is 14.2. The van der Waals surface area contributed by atoms with Crippen LogP contribution in [0.1, 0.15) is 51.7 Å². The Kier molecular flexibility index (Phi) is 4.02. The van der Waals surface area contributed by atoms with E-state index in [9.17, 15) is 0 Å². The lowest BCUT2D eigenvalue weighted by atomic mass is 9.86. The van der Waals surface area contributed by atoms with Crippen LogP contribution in [-0.4, -0.2) is 0 Å². The zero-order valence-corrected chi connectivity index (χ0v) is 14.9. The molecule has 0 amide bonds. The molecule has 0 aliphatic heterocycles. The van der Waals surface area contributed by atoms with E-state index in [4.69, 9.17) is 0 Å². The van der Waals surface area contributed by atoms with Gasteiger partial charge in [0.05, 0.1) is 0 Å². The largest absolute Gasteiger partial charge is 0.0613 e. The topological polar surface area (TPSA) is 0 Å². The van der Waals surface area contributed by atoms with Gasteiger partial charge in [-0.1, -0.05) is 95.3 Å². The summed E-state index contributed by atoms with van der Waals surface area (Å²) >= 11 is 0. The molecule has 0 bridgehead atoms. The van der Waals surface area contributed by atoms with Gasteiger partial charge < -0.3 is 0 Å². The molecule has 2 aliphatic rings. The van der Waals surface area contributed by atoms with E-state index in [1.54, 1.807) is 0 Å². The van der Waals surface area contributed by atoms with Crippen LogP contribution in [0, 0.1) is 0 Å². The predicted molar refractivity (Wildman–Crippen MR) is 101 cm³/mol. The Morgan fingerprint density at radius 1 is 0.696 bits per heavy atom. The van der Waals surface area contributed by atoms with Crippen LogP contribution in [0.15, 0.2) is 60.7 Å². The van der Waals surface area contributed by atoms with Crippen LogP contribution >= 0.6 is 0 Å². The van der Waals surface area contributed by atoms with Gasteiger partial charge in [0, 0.05) is 0 Å². The molecule has 0 saturated heterocycles. The summed E-state index contributed by atoms with van der Waals surface area (Å²) in [6.07, 6.45) is 0. The standard InChI is InChI=1S/C23H26/c1-16(2)18-7-6-8-21-19(15-18)11-14-22(21)17-9-12-20(13-10-17)23(3,4)5/h6-16H,1-5H3. The lowest BCUT2D eigenvalue weighted by Gasteiger charge is -2.19. The van der Waals surface area contributed by atoms with Gasteiger partial charge in [0.15, 0.2) is 0 Å². The van der Waals surface area contributed by atoms with Crippen molar-refractivity contribution in [3.63, 3.8) is 0 Å². The van der Waals surface area contributed by atoms with Crippen LogP contribution in [0.2, 0.25) is 0 Å². The van der Waals surface area contributed by atoms with Crippen molar-refractivity contribution in [3.05, 3.63) is 71.8 Å². The predicted octanol–water partition coefficient (Wildman–Crippen LogP) is 6.88. The zero-order valence-electron chi connectivity index (χ0n) is 14.9. The van der Waals surface area contributed by atoms with Crippen molar-refractivity contribution in [2.75, 3.05) is 0 Å². The highest BCUT2D eigenvalue weighted by Crippen LogP contribution is 2.37. The van der Waals surface area contributed by atoms with Crippen LogP contribution in [0.25, 0.3) is 22.3 Å². The van der Waals surface area contributed by atoms with E-state index < -0.39 is 0 Å². The van der Waals surface area contributed by atoms with Crippen molar-refractivity contribution in [1.82, 2.24) is 0 Å². The summed E-state index contributed by atoms with van der Waals surface area (Å²) in [4.78, 5) is 0. The summed E-state index contributed by atoms with van der Waals surface area (Å²) in [7, 11) is 0. The van der Waals surface area contributed by atoms with E-state index in [1.807, 2.05) is 0 Å². The molecule has 3 rings (SSSR count). The van der Waals surface area contributed by atoms with Crippen molar-refractivity contribution in [2.24, 2.45) is 0 Å². The Morgan fingerprint density at radius 2 is 1.30 bits per heavy atom. The maximum Gasteiger partial charge on any atom is -0.0105 e. The zero-order chi connectivity index (χ0) is 16.6. The third-order valence-electron chi connectivity index (χ3n) is 4.63. The summed E-state index contributed by atoms with van der Waals surface area (Å²) in [5.41, 5.74) is 8.25. The Bertz CT molecular complexity index is 770. The number of rotatable bonds is 2. The van der Waals surface area contributed by atoms with Gasteiger partial charge in [-0.05, 0) is 44.7 Å². The van der Waals surface area contributed by atoms with Crippen molar-refractivity contribution >= 4 is 0 Å². The van der Waals surface area contributed by atoms with Crippen molar-refractivity contribution in [2.45, 2.75) is 46.0 Å². The normalized spacial score (nSPS) is 12.1. The van der Waals surface area contributed by atoms with Gasteiger partial charge in [0.2, 0.25) is 0 Å². The second kappa shape index (κ2) is 5.85. The molecule has 0 atom stereocenters. The Labute approximate surface area is 140 Å². The van der Waals surface area contributed by atoms with Gasteiger partial charge in [-0.3, -0.25) is 0 Å². The van der Waals surface area contributed by atoms with Gasteiger partial charge in [0.1, 0.15) is 0 Å². The SMILES string of the molecule is CC(C)c1cccc2c(-c3ccc(C(C)(C)C)cc3)ccc-2c1. The minimum absolute atomic E-state index is 0.200. The van der Waals surface area contributed by atoms with Crippen molar-refractivity contribution < 1.29 is 0 Å². The van der Waals surface area contributed by atoms with Crippen LogP contribution in [-0.2, 0) is 5.41 Å². The average Bonchev–Trinajstić information content (AvgIpc) is 2.76. The molecule has 2 aliphatic carbocycles. The molecule has 0 unspecified atom stereocenters. The minimum Gasteiger partial charge on any atom is -0.0613 e. The molecule has 0 fully saturated rings.